The Balaban J connectivity index is 1.83. The molecule has 1 aliphatic carbocycles. The molecule has 0 amide bonds. The summed E-state index contributed by atoms with van der Waals surface area (Å²) in [5.41, 5.74) is 0.510. The average molecular weight is 288 g/mol. The quantitative estimate of drug-likeness (QED) is 0.904. The van der Waals surface area contributed by atoms with Crippen LogP contribution in [-0.4, -0.2) is 39.0 Å². The van der Waals surface area contributed by atoms with Gasteiger partial charge in [-0.3, -0.25) is 4.90 Å². The molecule has 21 heavy (non-hydrogen) atoms. The number of hydrogen-bond acceptors (Lipinski definition) is 4. The van der Waals surface area contributed by atoms with Crippen molar-refractivity contribution < 1.29 is 0 Å². The van der Waals surface area contributed by atoms with Crippen LogP contribution in [0.5, 0.6) is 0 Å². The SMILES string of the molecule is CCC1(CC)CN(Cc2ncccn2)C(C)(C2CC2)CN1. The van der Waals surface area contributed by atoms with Crippen molar-refractivity contribution in [1.29, 1.82) is 0 Å². The van der Waals surface area contributed by atoms with Gasteiger partial charge in [-0.25, -0.2) is 9.97 Å². The molecule has 2 aliphatic rings. The van der Waals surface area contributed by atoms with E-state index in [1.165, 1.54) is 25.7 Å². The second-order valence-electron chi connectivity index (χ2n) is 6.99. The molecule has 2 fully saturated rings. The summed E-state index contributed by atoms with van der Waals surface area (Å²) in [7, 11) is 0. The fraction of sp³-hybridized carbons (Fsp3) is 0.765. The van der Waals surface area contributed by atoms with Crippen LogP contribution in [0.1, 0.15) is 52.3 Å². The second-order valence-corrected chi connectivity index (χ2v) is 6.99. The Labute approximate surface area is 128 Å². The molecule has 1 atom stereocenters. The fourth-order valence-electron chi connectivity index (χ4n) is 3.73. The van der Waals surface area contributed by atoms with E-state index in [0.29, 0.717) is 0 Å². The van der Waals surface area contributed by atoms with Crippen LogP contribution >= 0.6 is 0 Å². The highest BCUT2D eigenvalue weighted by Crippen LogP contribution is 2.45. The number of rotatable bonds is 5. The highest BCUT2D eigenvalue weighted by Gasteiger charge is 2.51. The van der Waals surface area contributed by atoms with Crippen LogP contribution in [0.15, 0.2) is 18.5 Å². The molecule has 1 aromatic rings. The maximum Gasteiger partial charge on any atom is 0.142 e. The monoisotopic (exact) mass is 288 g/mol. The van der Waals surface area contributed by atoms with E-state index in [1.807, 2.05) is 18.5 Å². The van der Waals surface area contributed by atoms with Crippen molar-refractivity contribution in [3.8, 4) is 0 Å². The molecule has 1 saturated carbocycles. The number of hydrogen-bond donors (Lipinski definition) is 1. The molecule has 4 heteroatoms. The van der Waals surface area contributed by atoms with Gasteiger partial charge in [0.1, 0.15) is 5.82 Å². The Hall–Kier alpha value is -1.00. The zero-order chi connectivity index (χ0) is 14.9. The summed E-state index contributed by atoms with van der Waals surface area (Å²) in [6.07, 6.45) is 8.80. The van der Waals surface area contributed by atoms with Gasteiger partial charge in [0.15, 0.2) is 0 Å². The van der Waals surface area contributed by atoms with Gasteiger partial charge >= 0.3 is 0 Å². The summed E-state index contributed by atoms with van der Waals surface area (Å²) in [4.78, 5) is 11.5. The van der Waals surface area contributed by atoms with Crippen LogP contribution in [0.2, 0.25) is 0 Å². The lowest BCUT2D eigenvalue weighted by molar-refractivity contribution is -0.0101. The van der Waals surface area contributed by atoms with Gasteiger partial charge in [0, 0.05) is 36.6 Å². The van der Waals surface area contributed by atoms with Gasteiger partial charge in [-0.05, 0) is 44.6 Å². The van der Waals surface area contributed by atoms with Gasteiger partial charge in [-0.2, -0.15) is 0 Å². The lowest BCUT2D eigenvalue weighted by Gasteiger charge is -2.53. The summed E-state index contributed by atoms with van der Waals surface area (Å²) in [6, 6.07) is 1.89. The Morgan fingerprint density at radius 1 is 1.24 bits per heavy atom. The summed E-state index contributed by atoms with van der Waals surface area (Å²) < 4.78 is 0. The van der Waals surface area contributed by atoms with E-state index in [9.17, 15) is 0 Å². The summed E-state index contributed by atoms with van der Waals surface area (Å²) >= 11 is 0. The van der Waals surface area contributed by atoms with E-state index in [4.69, 9.17) is 0 Å². The zero-order valence-electron chi connectivity index (χ0n) is 13.6. The second kappa shape index (κ2) is 5.65. The number of piperazine rings is 1. The van der Waals surface area contributed by atoms with E-state index >= 15 is 0 Å². The number of aromatic nitrogens is 2. The highest BCUT2D eigenvalue weighted by atomic mass is 15.3. The van der Waals surface area contributed by atoms with Crippen LogP contribution in [-0.2, 0) is 6.54 Å². The highest BCUT2D eigenvalue weighted by molar-refractivity contribution is 5.09. The van der Waals surface area contributed by atoms with Crippen LogP contribution < -0.4 is 5.32 Å². The molecule has 2 heterocycles. The minimum Gasteiger partial charge on any atom is -0.308 e. The molecule has 0 spiro atoms. The van der Waals surface area contributed by atoms with Crippen molar-refractivity contribution in [1.82, 2.24) is 20.2 Å². The van der Waals surface area contributed by atoms with E-state index in [-0.39, 0.29) is 11.1 Å². The van der Waals surface area contributed by atoms with E-state index in [2.05, 4.69) is 41.0 Å². The molecule has 0 bridgehead atoms. The van der Waals surface area contributed by atoms with E-state index < -0.39 is 0 Å². The van der Waals surface area contributed by atoms with Gasteiger partial charge in [0.25, 0.3) is 0 Å². The topological polar surface area (TPSA) is 41.1 Å². The van der Waals surface area contributed by atoms with Crippen molar-refractivity contribution in [2.45, 2.75) is 64.1 Å². The zero-order valence-corrected chi connectivity index (χ0v) is 13.6. The first kappa shape index (κ1) is 14.9. The lowest BCUT2D eigenvalue weighted by atomic mass is 9.82. The molecular formula is C17H28N4. The van der Waals surface area contributed by atoms with Crippen molar-refractivity contribution in [3.63, 3.8) is 0 Å². The molecule has 1 N–H and O–H groups in total. The van der Waals surface area contributed by atoms with Gasteiger partial charge in [0.2, 0.25) is 0 Å². The Kier molecular flexibility index (Phi) is 4.02. The van der Waals surface area contributed by atoms with Gasteiger partial charge in [0.05, 0.1) is 6.54 Å². The third kappa shape index (κ3) is 2.84. The lowest BCUT2D eigenvalue weighted by Crippen LogP contribution is -2.69. The predicted molar refractivity (Wildman–Crippen MR) is 84.9 cm³/mol. The summed E-state index contributed by atoms with van der Waals surface area (Å²) in [6.45, 7) is 10.1. The maximum absolute atomic E-state index is 4.44. The summed E-state index contributed by atoms with van der Waals surface area (Å²) in [5.74, 6) is 1.79. The minimum atomic E-state index is 0.253. The van der Waals surface area contributed by atoms with Gasteiger partial charge in [-0.15, -0.1) is 0 Å². The van der Waals surface area contributed by atoms with Crippen LogP contribution in [0.3, 0.4) is 0 Å². The van der Waals surface area contributed by atoms with Crippen LogP contribution in [0.25, 0.3) is 0 Å². The molecule has 0 aromatic carbocycles. The molecular weight excluding hydrogens is 260 g/mol. The standard InChI is InChI=1S/C17H28N4/c1-4-17(5-2)13-21(11-15-18-9-6-10-19-15)16(3,12-20-17)14-7-8-14/h6,9-10,14,20H,4-5,7-8,11-13H2,1-3H3. The molecule has 1 unspecified atom stereocenters. The first-order valence-corrected chi connectivity index (χ1v) is 8.38. The van der Waals surface area contributed by atoms with Crippen LogP contribution in [0.4, 0.5) is 0 Å². The largest absolute Gasteiger partial charge is 0.308 e. The molecule has 4 nitrogen and oxygen atoms in total. The van der Waals surface area contributed by atoms with Crippen molar-refractivity contribution in [3.05, 3.63) is 24.3 Å². The normalized spacial score (nSPS) is 29.5. The third-order valence-electron chi connectivity index (χ3n) is 5.80. The first-order chi connectivity index (χ1) is 10.1. The molecule has 1 aromatic heterocycles. The van der Waals surface area contributed by atoms with Crippen molar-refractivity contribution in [2.75, 3.05) is 13.1 Å². The van der Waals surface area contributed by atoms with Gasteiger partial charge in [-0.1, -0.05) is 13.8 Å². The van der Waals surface area contributed by atoms with E-state index in [1.54, 1.807) is 0 Å². The van der Waals surface area contributed by atoms with Gasteiger partial charge < -0.3 is 5.32 Å². The van der Waals surface area contributed by atoms with Crippen LogP contribution in [0, 0.1) is 5.92 Å². The fourth-order valence-corrected chi connectivity index (χ4v) is 3.73. The molecule has 3 rings (SSSR count). The predicted octanol–water partition coefficient (Wildman–Crippen LogP) is 2.61. The van der Waals surface area contributed by atoms with E-state index in [0.717, 1.165) is 31.4 Å². The first-order valence-electron chi connectivity index (χ1n) is 8.38. The van der Waals surface area contributed by atoms with Crippen molar-refractivity contribution >= 4 is 0 Å². The summed E-state index contributed by atoms with van der Waals surface area (Å²) in [5, 5.41) is 3.88. The average Bonchev–Trinajstić information content (AvgIpc) is 3.36. The Morgan fingerprint density at radius 3 is 2.48 bits per heavy atom. The Bertz CT molecular complexity index is 467. The number of nitrogens with zero attached hydrogens (tertiary/aromatic N) is 3. The van der Waals surface area contributed by atoms with Crippen molar-refractivity contribution in [2.24, 2.45) is 5.92 Å². The molecule has 116 valence electrons. The number of nitrogens with one attached hydrogen (secondary N) is 1. The maximum atomic E-state index is 4.44. The molecule has 1 aliphatic heterocycles. The smallest absolute Gasteiger partial charge is 0.142 e. The minimum absolute atomic E-state index is 0.253. The molecule has 1 saturated heterocycles. The Morgan fingerprint density at radius 2 is 1.90 bits per heavy atom. The third-order valence-corrected chi connectivity index (χ3v) is 5.80. The molecule has 0 radical (unpaired) electrons.